The Bertz CT molecular complexity index is 657. The average molecular weight is 374 g/mol. The van der Waals surface area contributed by atoms with Gasteiger partial charge in [0.25, 0.3) is 0 Å². The average Bonchev–Trinajstić information content (AvgIpc) is 2.45. The molecule has 1 aromatic carbocycles. The SMILES string of the molecule is CN(C)CC(=O)c1cccc(NC(=O)C(F)(F)C(F)(F)C(F)(F)F)c1. The Hall–Kier alpha value is -2.17. The molecule has 4 nitrogen and oxygen atoms in total. The molecule has 0 heterocycles. The highest BCUT2D eigenvalue weighted by molar-refractivity contribution is 6.01. The quantitative estimate of drug-likeness (QED) is 0.615. The van der Waals surface area contributed by atoms with Gasteiger partial charge in [-0.2, -0.15) is 30.7 Å². The number of anilines is 1. The zero-order valence-corrected chi connectivity index (χ0v) is 12.9. The Morgan fingerprint density at radius 2 is 1.60 bits per heavy atom. The van der Waals surface area contributed by atoms with Gasteiger partial charge in [-0.05, 0) is 26.2 Å². The lowest BCUT2D eigenvalue weighted by Gasteiger charge is -2.27. The number of hydrogen-bond donors (Lipinski definition) is 1. The summed E-state index contributed by atoms with van der Waals surface area (Å²) in [6.07, 6.45) is -6.61. The van der Waals surface area contributed by atoms with E-state index in [0.717, 1.165) is 18.2 Å². The maximum absolute atomic E-state index is 13.3. The summed E-state index contributed by atoms with van der Waals surface area (Å²) in [6, 6.07) is 4.28. The number of Topliss-reactive ketones (excluding diaryl/α,β-unsaturated/α-hetero) is 1. The highest BCUT2D eigenvalue weighted by atomic mass is 19.4. The molecule has 0 aliphatic rings. The zero-order valence-electron chi connectivity index (χ0n) is 12.9. The first-order valence-electron chi connectivity index (χ1n) is 6.62. The normalized spacial score (nSPS) is 13.0. The molecule has 25 heavy (non-hydrogen) atoms. The largest absolute Gasteiger partial charge is 0.460 e. The van der Waals surface area contributed by atoms with Gasteiger partial charge in [-0.3, -0.25) is 9.59 Å². The molecule has 0 aliphatic carbocycles. The summed E-state index contributed by atoms with van der Waals surface area (Å²) in [5.74, 6) is -15.9. The van der Waals surface area contributed by atoms with Crippen molar-refractivity contribution < 1.29 is 40.3 Å². The van der Waals surface area contributed by atoms with E-state index in [-0.39, 0.29) is 12.1 Å². The number of carbonyl (C=O) groups excluding carboxylic acids is 2. The maximum atomic E-state index is 13.3. The van der Waals surface area contributed by atoms with Gasteiger partial charge in [-0.25, -0.2) is 0 Å². The molecule has 140 valence electrons. The molecule has 0 radical (unpaired) electrons. The number of nitrogens with zero attached hydrogens (tertiary/aromatic N) is 1. The molecule has 0 aromatic heterocycles. The summed E-state index contributed by atoms with van der Waals surface area (Å²) >= 11 is 0. The Morgan fingerprint density at radius 1 is 1.04 bits per heavy atom. The lowest BCUT2D eigenvalue weighted by molar-refractivity contribution is -0.343. The van der Waals surface area contributed by atoms with Crippen molar-refractivity contribution in [3.8, 4) is 0 Å². The lowest BCUT2D eigenvalue weighted by Crippen LogP contribution is -2.57. The Balaban J connectivity index is 3.03. The van der Waals surface area contributed by atoms with E-state index >= 15 is 0 Å². The molecule has 1 rings (SSSR count). The van der Waals surface area contributed by atoms with Crippen molar-refractivity contribution in [2.24, 2.45) is 0 Å². The van der Waals surface area contributed by atoms with Gasteiger partial charge in [0.05, 0.1) is 6.54 Å². The fraction of sp³-hybridized carbons (Fsp3) is 0.429. The predicted octanol–water partition coefficient (Wildman–Crippen LogP) is 3.20. The van der Waals surface area contributed by atoms with Gasteiger partial charge in [0.15, 0.2) is 5.78 Å². The Labute approximate surface area is 137 Å². The van der Waals surface area contributed by atoms with E-state index in [9.17, 15) is 40.3 Å². The molecule has 0 saturated heterocycles. The van der Waals surface area contributed by atoms with E-state index in [2.05, 4.69) is 0 Å². The minimum Gasteiger partial charge on any atom is -0.321 e. The number of amides is 1. The fourth-order valence-electron chi connectivity index (χ4n) is 1.68. The Kier molecular flexibility index (Phi) is 5.83. The van der Waals surface area contributed by atoms with Crippen LogP contribution in [0, 0.1) is 0 Å². The Morgan fingerprint density at radius 3 is 2.08 bits per heavy atom. The van der Waals surface area contributed by atoms with Crippen molar-refractivity contribution >= 4 is 17.4 Å². The molecule has 1 aromatic rings. The number of hydrogen-bond acceptors (Lipinski definition) is 3. The van der Waals surface area contributed by atoms with E-state index in [4.69, 9.17) is 0 Å². The van der Waals surface area contributed by atoms with E-state index in [1.54, 1.807) is 14.1 Å². The van der Waals surface area contributed by atoms with Crippen LogP contribution < -0.4 is 5.32 Å². The van der Waals surface area contributed by atoms with Crippen molar-refractivity contribution in [2.45, 2.75) is 18.0 Å². The van der Waals surface area contributed by atoms with Crippen LogP contribution >= 0.6 is 0 Å². The maximum Gasteiger partial charge on any atom is 0.460 e. The molecule has 0 spiro atoms. The summed E-state index contributed by atoms with van der Waals surface area (Å²) in [5, 5.41) is 1.27. The van der Waals surface area contributed by atoms with Gasteiger partial charge in [-0.15, -0.1) is 0 Å². The van der Waals surface area contributed by atoms with Gasteiger partial charge >= 0.3 is 23.9 Å². The van der Waals surface area contributed by atoms with E-state index in [1.807, 2.05) is 0 Å². The van der Waals surface area contributed by atoms with Crippen molar-refractivity contribution in [3.63, 3.8) is 0 Å². The summed E-state index contributed by atoms with van der Waals surface area (Å²) in [5.41, 5.74) is -0.565. The third kappa shape index (κ3) is 4.47. The molecule has 0 saturated carbocycles. The molecular formula is C14H13F7N2O2. The monoisotopic (exact) mass is 374 g/mol. The van der Waals surface area contributed by atoms with Crippen LogP contribution in [0.3, 0.4) is 0 Å². The van der Waals surface area contributed by atoms with Gasteiger partial charge in [-0.1, -0.05) is 12.1 Å². The molecule has 0 fully saturated rings. The number of nitrogens with one attached hydrogen (secondary N) is 1. The van der Waals surface area contributed by atoms with Crippen LogP contribution in [-0.4, -0.2) is 55.3 Å². The molecule has 0 atom stereocenters. The third-order valence-corrected chi connectivity index (χ3v) is 2.94. The van der Waals surface area contributed by atoms with Gasteiger partial charge < -0.3 is 10.2 Å². The van der Waals surface area contributed by atoms with Crippen molar-refractivity contribution in [1.29, 1.82) is 0 Å². The van der Waals surface area contributed by atoms with Gasteiger partial charge in [0, 0.05) is 11.3 Å². The van der Waals surface area contributed by atoms with Gasteiger partial charge in [0.2, 0.25) is 0 Å². The van der Waals surface area contributed by atoms with E-state index in [0.29, 0.717) is 0 Å². The second-order valence-corrected chi connectivity index (χ2v) is 5.34. The fourth-order valence-corrected chi connectivity index (χ4v) is 1.68. The number of benzene rings is 1. The number of ketones is 1. The molecular weight excluding hydrogens is 361 g/mol. The van der Waals surface area contributed by atoms with Crippen LogP contribution in [-0.2, 0) is 4.79 Å². The van der Waals surface area contributed by atoms with Crippen LogP contribution in [0.2, 0.25) is 0 Å². The summed E-state index contributed by atoms with van der Waals surface area (Å²) in [4.78, 5) is 24.6. The summed E-state index contributed by atoms with van der Waals surface area (Å²) in [7, 11) is 3.15. The minimum absolute atomic E-state index is 0.0441. The smallest absolute Gasteiger partial charge is 0.321 e. The van der Waals surface area contributed by atoms with Crippen LogP contribution in [0.5, 0.6) is 0 Å². The first kappa shape index (κ1) is 20.9. The van der Waals surface area contributed by atoms with E-state index in [1.165, 1.54) is 16.3 Å². The van der Waals surface area contributed by atoms with Crippen molar-refractivity contribution in [3.05, 3.63) is 29.8 Å². The molecule has 0 aliphatic heterocycles. The standard InChI is InChI=1S/C14H13F7N2O2/c1-23(2)7-10(24)8-4-3-5-9(6-8)22-11(25)12(15,16)13(17,18)14(19,20)21/h3-6H,7H2,1-2H3,(H,22,25). The lowest BCUT2D eigenvalue weighted by atomic mass is 10.1. The van der Waals surface area contributed by atoms with Crippen LogP contribution in [0.1, 0.15) is 10.4 Å². The first-order chi connectivity index (χ1) is 11.2. The number of rotatable bonds is 6. The highest BCUT2D eigenvalue weighted by Crippen LogP contribution is 2.46. The molecule has 1 N–H and O–H groups in total. The van der Waals surface area contributed by atoms with Crippen LogP contribution in [0.15, 0.2) is 24.3 Å². The highest BCUT2D eigenvalue weighted by Gasteiger charge is 2.76. The number of likely N-dealkylation sites (N-methyl/N-ethyl adjacent to an activating group) is 1. The zero-order chi connectivity index (χ0) is 19.6. The van der Waals surface area contributed by atoms with Crippen LogP contribution in [0.25, 0.3) is 0 Å². The number of alkyl halides is 7. The summed E-state index contributed by atoms with van der Waals surface area (Å²) in [6.45, 7) is -0.0697. The minimum atomic E-state index is -6.61. The van der Waals surface area contributed by atoms with Crippen molar-refractivity contribution in [2.75, 3.05) is 26.0 Å². The van der Waals surface area contributed by atoms with E-state index < -0.39 is 35.4 Å². The van der Waals surface area contributed by atoms with Gasteiger partial charge in [0.1, 0.15) is 0 Å². The second-order valence-electron chi connectivity index (χ2n) is 5.34. The second kappa shape index (κ2) is 6.98. The predicted molar refractivity (Wildman–Crippen MR) is 73.9 cm³/mol. The first-order valence-corrected chi connectivity index (χ1v) is 6.62. The molecule has 0 bridgehead atoms. The molecule has 11 heteroatoms. The van der Waals surface area contributed by atoms with Crippen molar-refractivity contribution in [1.82, 2.24) is 4.90 Å². The molecule has 0 unspecified atom stereocenters. The number of carbonyl (C=O) groups is 2. The molecule has 1 amide bonds. The topological polar surface area (TPSA) is 49.4 Å². The summed E-state index contributed by atoms with van der Waals surface area (Å²) < 4.78 is 88.3. The third-order valence-electron chi connectivity index (χ3n) is 2.94. The van der Waals surface area contributed by atoms with Crippen LogP contribution in [0.4, 0.5) is 36.4 Å². The number of halogens is 7.